The van der Waals surface area contributed by atoms with Crippen molar-refractivity contribution in [1.82, 2.24) is 34.7 Å². The van der Waals surface area contributed by atoms with E-state index in [0.29, 0.717) is 43.2 Å². The Morgan fingerprint density at radius 1 is 0.445 bits per heavy atom. The van der Waals surface area contributed by atoms with E-state index in [2.05, 4.69) is 116 Å². The second-order valence-electron chi connectivity index (χ2n) is 38.4. The van der Waals surface area contributed by atoms with Gasteiger partial charge in [-0.05, 0) is 309 Å². The molecule has 0 saturated carbocycles. The second-order valence-corrected chi connectivity index (χ2v) is 39.1. The summed E-state index contributed by atoms with van der Waals surface area (Å²) in [5.41, 5.74) is 34.6. The summed E-state index contributed by atoms with van der Waals surface area (Å²) >= 11 is 9.55. The zero-order valence-corrected chi connectivity index (χ0v) is 89.7. The quantitative estimate of drug-likeness (QED) is 0.0136. The molecule has 0 aromatic heterocycles. The number of nitrogens with one attached hydrogen (secondary N) is 2. The van der Waals surface area contributed by atoms with Crippen LogP contribution in [0.1, 0.15) is 191 Å². The Morgan fingerprint density at radius 3 is 1.19 bits per heavy atom. The summed E-state index contributed by atoms with van der Waals surface area (Å²) in [6.45, 7) is 29.1. The van der Waals surface area contributed by atoms with Gasteiger partial charge in [0.15, 0.2) is 0 Å². The summed E-state index contributed by atoms with van der Waals surface area (Å²) in [4.78, 5) is 138. The van der Waals surface area contributed by atoms with Gasteiger partial charge in [0.05, 0.1) is 39.4 Å². The molecule has 8 saturated heterocycles. The molecular formula is C105H157B2Cl2N19NaO17. The second kappa shape index (κ2) is 65.9. The monoisotopic (exact) mass is 2070 g/mol. The number of carbonyl (C=O) groups excluding carboxylic acids is 7. The number of non-ortho nitro benzene ring substituents is 3. The zero-order chi connectivity index (χ0) is 104. The number of carbonyl (C=O) groups is 7. The first-order valence-corrected chi connectivity index (χ1v) is 52.0. The molecular weight excluding hydrogens is 1910 g/mol. The van der Waals surface area contributed by atoms with Crippen molar-refractivity contribution in [3.8, 4) is 0 Å². The van der Waals surface area contributed by atoms with Crippen LogP contribution in [0.5, 0.6) is 0 Å². The number of nitro benzene ring substituents is 3. The summed E-state index contributed by atoms with van der Waals surface area (Å²) in [6, 6.07) is 34.9. The van der Waals surface area contributed by atoms with Crippen LogP contribution in [-0.4, -0.2) is 310 Å². The maximum atomic E-state index is 12.5. The Hall–Kier alpha value is -9.80. The molecule has 2 amide bonds. The van der Waals surface area contributed by atoms with Gasteiger partial charge in [0.2, 0.25) is 23.0 Å². The van der Waals surface area contributed by atoms with Crippen LogP contribution >= 0.6 is 23.2 Å². The molecule has 36 nitrogen and oxygen atoms in total. The Labute approximate surface area is 899 Å². The predicted molar refractivity (Wildman–Crippen MR) is 581 cm³/mol. The van der Waals surface area contributed by atoms with Gasteiger partial charge in [-0.25, -0.2) is 19.4 Å². The van der Waals surface area contributed by atoms with Crippen molar-refractivity contribution < 1.29 is 98.5 Å². The Morgan fingerprint density at radius 2 is 0.808 bits per heavy atom. The number of hydrogen-bond acceptors (Lipinski definition) is 31. The van der Waals surface area contributed by atoms with Gasteiger partial charge in [-0.2, -0.15) is 0 Å². The summed E-state index contributed by atoms with van der Waals surface area (Å²) in [6.07, 6.45) is 30.3. The molecule has 8 fully saturated rings. The maximum Gasteiger partial charge on any atom is 1.00 e. The number of alkyl halides is 1. The molecule has 5 radical (unpaired) electrons. The number of nitrogens with two attached hydrogens (primary N) is 3. The summed E-state index contributed by atoms with van der Waals surface area (Å²) in [7, 11) is 16.0. The molecule has 14 aliphatic heterocycles. The maximum absolute atomic E-state index is 12.5. The molecule has 1 atom stereocenters. The van der Waals surface area contributed by atoms with E-state index < -0.39 is 28.1 Å². The first kappa shape index (κ1) is 123. The predicted octanol–water partition coefficient (Wildman–Crippen LogP) is 10.9. The van der Waals surface area contributed by atoms with E-state index in [1.54, 1.807) is 35.2 Å². The molecule has 6 aromatic carbocycles. The van der Waals surface area contributed by atoms with Crippen LogP contribution in [0.3, 0.4) is 0 Å². The summed E-state index contributed by atoms with van der Waals surface area (Å²) in [5, 5.41) is 38.0. The standard InChI is InChI=1S/C15H19N3O3.C15H21N3O.C15H23N3.C14H19N3O2.C14H21N3.C8H8N2O2.C6H11NO.C5H11N.C4H7BO.C4H6O4.C2H3BO2.C2H2Cl2O.CH4.Na.H2/c19-15(11-16-7-2-1-3-8-16)17-9-6-12-4-5-13(18(20)21)10-14(12)17;16-13-5-4-12-6-9-18(14(12)10-13)15(19)11-17-7-2-1-3-8-17;16-14-5-4-13-6-9-18(15(13)12-14)11-10-17-7-2-1-3-8-17;1-15-7-5-12(6-8-15)16-9-4-11-2-3-13(17(18)19)10-14(11)16;1-16-7-5-13(6-8-16)17-9-4-11-2-3-12(15)10-14(11)17;11-10(12)7-2-1-6-3-4-9-8(6)5-7;1-7-4-2-6(8)3-5-7;1-2-4-6-5-3-1;5-4-2-1-3-6-4;1-3(5)7-8-4(2)6;1-2(4)5-3;3-1-2(4)5;;;/h4-5,10H,1-3,6-9,11H2;4-5,10H,1-3,6-9,11,16H2;4-5,12H,1-3,6-11,16H2;2-3,10,12H,4-9H2,1H3;2-3,10,13H,4-9,15H2,1H3;1-2,5,9H,3-4H2;2-5H2,1H3;6H,1-5H2;4H,1-3H2;1-2H3;1H3;1H2;1H4;;1H/q;;;;;;;;;;-1;;;+1;. The summed E-state index contributed by atoms with van der Waals surface area (Å²) < 4.78 is 8.54. The third-order valence-electron chi connectivity index (χ3n) is 27.4. The number of rotatable bonds is 13. The third-order valence-corrected chi connectivity index (χ3v) is 27.9. The van der Waals surface area contributed by atoms with Crippen molar-refractivity contribution in [2.24, 2.45) is 0 Å². The van der Waals surface area contributed by atoms with Crippen LogP contribution in [0.2, 0.25) is 0 Å². The van der Waals surface area contributed by atoms with E-state index in [4.69, 9.17) is 53.0 Å². The van der Waals surface area contributed by atoms with Crippen molar-refractivity contribution in [2.45, 2.75) is 213 Å². The van der Waals surface area contributed by atoms with Gasteiger partial charge in [0.25, 0.3) is 17.1 Å². The fourth-order valence-corrected chi connectivity index (χ4v) is 19.4. The summed E-state index contributed by atoms with van der Waals surface area (Å²) in [5.74, 6) is -1.16. The molecule has 0 spiro atoms. The van der Waals surface area contributed by atoms with Crippen molar-refractivity contribution in [1.29, 1.82) is 0 Å². The number of nitrogen functional groups attached to an aromatic ring is 3. The SMILES string of the molecule is C.C1CCNCC1.CC(=O)OOC(C)=O.CN1CCC(=O)CC1.CN1CCC(N2CCc3ccc(N)cc32)CC1.CN1CCC(N2CCc3ccc([N+](=O)[O-])cc32)CC1.Nc1ccc2c(c1)N(C(=O)CN1CCCCC1)CC2.Nc1ccc2c(c1)N(CCN1CCCCC1)CC2.O=C(CN1CCCCC1)N1CCc2ccc([N+](=O)[O-])cc21.O=C(Cl)CCl.O=[N+]([O-])c1ccc2c(c1)NCC2.[B-]OC(C)=O.[B]C1CCCO1.[HH].[Na+]. The van der Waals surface area contributed by atoms with Crippen LogP contribution in [0.4, 0.5) is 68.2 Å². The van der Waals surface area contributed by atoms with Crippen LogP contribution in [-0.2, 0) is 91.3 Å². The Kier molecular flexibility index (Phi) is 55.6. The molecule has 14 heterocycles. The fraction of sp³-hybridized carbons (Fsp3) is 0.590. The number of anilines is 9. The Bertz CT molecular complexity index is 5060. The number of nitro groups is 3. The van der Waals surface area contributed by atoms with E-state index >= 15 is 0 Å². The first-order valence-electron chi connectivity index (χ1n) is 51.1. The van der Waals surface area contributed by atoms with Crippen LogP contribution in [0.15, 0.2) is 109 Å². The van der Waals surface area contributed by atoms with Gasteiger partial charge in [0.1, 0.15) is 13.6 Å². The van der Waals surface area contributed by atoms with Gasteiger partial charge >= 0.3 is 41.5 Å². The molecule has 1 unspecified atom stereocenters. The van der Waals surface area contributed by atoms with Crippen LogP contribution in [0, 0.1) is 30.3 Å². The van der Waals surface area contributed by atoms with E-state index in [0.717, 1.165) is 222 Å². The van der Waals surface area contributed by atoms with Gasteiger partial charge < -0.3 is 89.4 Å². The minimum Gasteiger partial charge on any atom is -0.793 e. The van der Waals surface area contributed by atoms with Gasteiger partial charge in [0, 0.05) is 207 Å². The number of nitrogens with zero attached hydrogens (tertiary/aromatic N) is 14. The molecule has 8 N–H and O–H groups in total. The van der Waals surface area contributed by atoms with Crippen molar-refractivity contribution >= 4 is 148 Å². The Balaban J connectivity index is 0.000000251. The molecule has 6 aromatic rings. The average molecular weight is 2070 g/mol. The number of piperidine rings is 7. The molecule has 795 valence electrons. The van der Waals surface area contributed by atoms with Crippen LogP contribution < -0.4 is 81.9 Å². The zero-order valence-electron chi connectivity index (χ0n) is 86.2. The first-order chi connectivity index (χ1) is 69.2. The molecule has 146 heavy (non-hydrogen) atoms. The number of ether oxygens (including phenoxy) is 1. The van der Waals surface area contributed by atoms with E-state index in [1.165, 1.54) is 200 Å². The van der Waals surface area contributed by atoms with Crippen molar-refractivity contribution in [3.05, 3.63) is 173 Å². The van der Waals surface area contributed by atoms with E-state index in [-0.39, 0.29) is 89.0 Å². The smallest absolute Gasteiger partial charge is 0.793 e. The minimum absolute atomic E-state index is 0. The fourth-order valence-electron chi connectivity index (χ4n) is 19.4. The number of ketones is 1. The van der Waals surface area contributed by atoms with Crippen molar-refractivity contribution in [3.63, 3.8) is 0 Å². The average Bonchev–Trinajstić information content (AvgIpc) is 1.65. The van der Waals surface area contributed by atoms with Crippen molar-refractivity contribution in [2.75, 3.05) is 238 Å². The number of likely N-dealkylation sites (tertiary alicyclic amines) is 6. The topological polar surface area (TPSA) is 424 Å². The molecule has 20 rings (SSSR count). The van der Waals surface area contributed by atoms with E-state index in [9.17, 15) is 63.9 Å². The number of amides is 2. The molecule has 0 bridgehead atoms. The van der Waals surface area contributed by atoms with Crippen LogP contribution in [0.25, 0.3) is 0 Å². The molecule has 14 aliphatic rings. The van der Waals surface area contributed by atoms with Gasteiger partial charge in [-0.3, -0.25) is 64.1 Å². The normalized spacial score (nSPS) is 18.7. The van der Waals surface area contributed by atoms with Gasteiger partial charge in [-0.15, -0.1) is 11.6 Å². The number of hydrogen-bond donors (Lipinski definition) is 5. The number of fused-ring (bicyclic) bond motifs is 6. The number of halogens is 2. The minimum atomic E-state index is -0.639. The van der Waals surface area contributed by atoms with E-state index in [1.807, 2.05) is 54.4 Å². The number of Topliss-reactive ketones (excluding diaryl/α,β-unsaturated/α-hetero) is 1. The molecule has 41 heteroatoms. The molecule has 0 aliphatic carbocycles. The number of benzene rings is 6. The largest absolute Gasteiger partial charge is 1.00 e. The van der Waals surface area contributed by atoms with Gasteiger partial charge in [-0.1, -0.05) is 69.5 Å². The third kappa shape index (κ3) is 42.7.